The van der Waals surface area contributed by atoms with Gasteiger partial charge in [-0.15, -0.1) is 0 Å². The average molecular weight is 178 g/mol. The number of hydrogen-bond donors (Lipinski definition) is 0. The van der Waals surface area contributed by atoms with Crippen LogP contribution in [0.4, 0.5) is 0 Å². The van der Waals surface area contributed by atoms with E-state index in [1.165, 1.54) is 0 Å². The maximum absolute atomic E-state index is 5.32. The van der Waals surface area contributed by atoms with Crippen LogP contribution in [0.25, 0.3) is 0 Å². The molecule has 0 aliphatic carbocycles. The highest BCUT2D eigenvalue weighted by atomic mass is 16.6. The van der Waals surface area contributed by atoms with Crippen LogP contribution < -0.4 is 5.46 Å². The molecule has 0 N–H and O–H groups in total. The Morgan fingerprint density at radius 3 is 2.08 bits per heavy atom. The van der Waals surface area contributed by atoms with E-state index in [-0.39, 0.29) is 7.12 Å². The normalized spacial score (nSPS) is 15.1. The molecule has 1 saturated heterocycles. The minimum absolute atomic E-state index is 0.129. The average Bonchev–Trinajstić information content (AvgIpc) is 2.75. The highest BCUT2D eigenvalue weighted by Crippen LogP contribution is 1.99. The molecule has 1 heterocycles. The number of rotatable bonds is 1. The largest absolute Gasteiger partial charge is 0.494 e. The van der Waals surface area contributed by atoms with Gasteiger partial charge in [0, 0.05) is 0 Å². The summed E-state index contributed by atoms with van der Waals surface area (Å²) < 4.78 is 10.6. The van der Waals surface area contributed by atoms with Crippen LogP contribution in [0, 0.1) is 0 Å². The Balaban J connectivity index is 0.000000396. The van der Waals surface area contributed by atoms with E-state index in [9.17, 15) is 0 Å². The zero-order valence-electron chi connectivity index (χ0n) is 8.19. The van der Waals surface area contributed by atoms with E-state index in [0.29, 0.717) is 13.2 Å². The first kappa shape index (κ1) is 10.3. The van der Waals surface area contributed by atoms with Crippen molar-refractivity contribution in [3.05, 3.63) is 30.3 Å². The molecule has 1 aromatic rings. The first-order chi connectivity index (χ1) is 6.47. The minimum atomic E-state index is -0.129. The topological polar surface area (TPSA) is 18.5 Å². The van der Waals surface area contributed by atoms with Gasteiger partial charge < -0.3 is 9.31 Å². The second-order valence-corrected chi connectivity index (χ2v) is 2.48. The summed E-state index contributed by atoms with van der Waals surface area (Å²) in [5.41, 5.74) is 1.10. The summed E-state index contributed by atoms with van der Waals surface area (Å²) in [5.74, 6) is 0. The third-order valence-electron chi connectivity index (χ3n) is 1.69. The summed E-state index contributed by atoms with van der Waals surface area (Å²) >= 11 is 0. The SMILES string of the molecule is CC.c1ccc(B2OCCO2)cc1. The molecule has 1 aromatic carbocycles. The second kappa shape index (κ2) is 5.78. The van der Waals surface area contributed by atoms with Crippen LogP contribution in [0.3, 0.4) is 0 Å². The Morgan fingerprint density at radius 1 is 1.00 bits per heavy atom. The maximum atomic E-state index is 5.32. The van der Waals surface area contributed by atoms with Gasteiger partial charge in [0.25, 0.3) is 0 Å². The first-order valence-electron chi connectivity index (χ1n) is 4.75. The summed E-state index contributed by atoms with van der Waals surface area (Å²) in [6, 6.07) is 9.98. The molecule has 1 aliphatic rings. The molecule has 2 rings (SSSR count). The Bertz CT molecular complexity index is 220. The van der Waals surface area contributed by atoms with Crippen molar-refractivity contribution < 1.29 is 9.31 Å². The molecule has 1 aliphatic heterocycles. The molecule has 0 atom stereocenters. The van der Waals surface area contributed by atoms with Crippen molar-refractivity contribution in [2.45, 2.75) is 13.8 Å². The Kier molecular flexibility index (Phi) is 4.58. The second-order valence-electron chi connectivity index (χ2n) is 2.48. The molecule has 0 aromatic heterocycles. The van der Waals surface area contributed by atoms with Crippen LogP contribution in [0.2, 0.25) is 0 Å². The highest BCUT2D eigenvalue weighted by molar-refractivity contribution is 6.61. The van der Waals surface area contributed by atoms with Gasteiger partial charge in [0.1, 0.15) is 0 Å². The van der Waals surface area contributed by atoms with Crippen LogP contribution >= 0.6 is 0 Å². The summed E-state index contributed by atoms with van der Waals surface area (Å²) in [6.45, 7) is 5.42. The third-order valence-corrected chi connectivity index (χ3v) is 1.69. The molecule has 70 valence electrons. The minimum Gasteiger partial charge on any atom is -0.405 e. The Hall–Kier alpha value is -0.795. The van der Waals surface area contributed by atoms with Gasteiger partial charge in [-0.1, -0.05) is 44.2 Å². The predicted molar refractivity (Wildman–Crippen MR) is 55.1 cm³/mol. The van der Waals surface area contributed by atoms with Gasteiger partial charge >= 0.3 is 7.12 Å². The van der Waals surface area contributed by atoms with Crippen LogP contribution in [-0.4, -0.2) is 20.3 Å². The van der Waals surface area contributed by atoms with Crippen molar-refractivity contribution in [2.24, 2.45) is 0 Å². The number of hydrogen-bond acceptors (Lipinski definition) is 2. The fourth-order valence-corrected chi connectivity index (χ4v) is 1.16. The molecule has 3 heteroatoms. The maximum Gasteiger partial charge on any atom is 0.494 e. The molecule has 0 bridgehead atoms. The summed E-state index contributed by atoms with van der Waals surface area (Å²) in [6.07, 6.45) is 0. The fraction of sp³-hybridized carbons (Fsp3) is 0.400. The zero-order valence-corrected chi connectivity index (χ0v) is 8.19. The van der Waals surface area contributed by atoms with E-state index in [2.05, 4.69) is 0 Å². The fourth-order valence-electron chi connectivity index (χ4n) is 1.16. The molecule has 0 radical (unpaired) electrons. The molecule has 0 saturated carbocycles. The molecular weight excluding hydrogens is 163 g/mol. The number of benzene rings is 1. The smallest absolute Gasteiger partial charge is 0.405 e. The van der Waals surface area contributed by atoms with Gasteiger partial charge in [-0.3, -0.25) is 0 Å². The van der Waals surface area contributed by atoms with Crippen molar-refractivity contribution in [3.8, 4) is 0 Å². The van der Waals surface area contributed by atoms with E-state index >= 15 is 0 Å². The standard InChI is InChI=1S/C8H9BO2.C2H6/c1-2-4-8(5-3-1)9-10-6-7-11-9;1-2/h1-5H,6-7H2;1-2H3. The van der Waals surface area contributed by atoms with Gasteiger partial charge in [0.2, 0.25) is 0 Å². The Morgan fingerprint density at radius 2 is 1.54 bits per heavy atom. The van der Waals surface area contributed by atoms with Gasteiger partial charge in [0.05, 0.1) is 13.2 Å². The van der Waals surface area contributed by atoms with Crippen LogP contribution in [0.5, 0.6) is 0 Å². The molecule has 13 heavy (non-hydrogen) atoms. The lowest BCUT2D eigenvalue weighted by atomic mass is 9.80. The van der Waals surface area contributed by atoms with Gasteiger partial charge in [-0.2, -0.15) is 0 Å². The quantitative estimate of drug-likeness (QED) is 0.606. The van der Waals surface area contributed by atoms with Crippen LogP contribution in [-0.2, 0) is 9.31 Å². The van der Waals surface area contributed by atoms with Crippen molar-refractivity contribution in [1.29, 1.82) is 0 Å². The Labute approximate surface area is 80.0 Å². The lowest BCUT2D eigenvalue weighted by Gasteiger charge is -2.01. The third kappa shape index (κ3) is 2.86. The van der Waals surface area contributed by atoms with E-state index in [1.807, 2.05) is 44.2 Å². The van der Waals surface area contributed by atoms with E-state index in [1.54, 1.807) is 0 Å². The van der Waals surface area contributed by atoms with Crippen molar-refractivity contribution >= 4 is 12.6 Å². The van der Waals surface area contributed by atoms with Crippen molar-refractivity contribution in [3.63, 3.8) is 0 Å². The highest BCUT2D eigenvalue weighted by Gasteiger charge is 2.25. The lowest BCUT2D eigenvalue weighted by molar-refractivity contribution is 0.365. The zero-order chi connectivity index (χ0) is 9.52. The molecular formula is C10H15BO2. The molecule has 0 amide bonds. The molecule has 1 fully saturated rings. The molecule has 2 nitrogen and oxygen atoms in total. The van der Waals surface area contributed by atoms with Crippen molar-refractivity contribution in [1.82, 2.24) is 0 Å². The van der Waals surface area contributed by atoms with Gasteiger partial charge in [0.15, 0.2) is 0 Å². The first-order valence-corrected chi connectivity index (χ1v) is 4.75. The van der Waals surface area contributed by atoms with E-state index < -0.39 is 0 Å². The van der Waals surface area contributed by atoms with Gasteiger partial charge in [-0.25, -0.2) is 0 Å². The lowest BCUT2D eigenvalue weighted by Crippen LogP contribution is -2.31. The van der Waals surface area contributed by atoms with Crippen molar-refractivity contribution in [2.75, 3.05) is 13.2 Å². The van der Waals surface area contributed by atoms with Crippen LogP contribution in [0.15, 0.2) is 30.3 Å². The predicted octanol–water partition coefficient (Wildman–Crippen LogP) is 1.45. The van der Waals surface area contributed by atoms with Gasteiger partial charge in [-0.05, 0) is 5.46 Å². The monoisotopic (exact) mass is 178 g/mol. The summed E-state index contributed by atoms with van der Waals surface area (Å²) in [5, 5.41) is 0. The van der Waals surface area contributed by atoms with Crippen LogP contribution in [0.1, 0.15) is 13.8 Å². The van der Waals surface area contributed by atoms with E-state index in [0.717, 1.165) is 5.46 Å². The molecule has 0 spiro atoms. The van der Waals surface area contributed by atoms with E-state index in [4.69, 9.17) is 9.31 Å². The molecule has 0 unspecified atom stereocenters. The summed E-state index contributed by atoms with van der Waals surface area (Å²) in [7, 11) is -0.129. The summed E-state index contributed by atoms with van der Waals surface area (Å²) in [4.78, 5) is 0.